The van der Waals surface area contributed by atoms with E-state index in [1.807, 2.05) is 0 Å². The third-order valence-corrected chi connectivity index (χ3v) is 3.61. The van der Waals surface area contributed by atoms with Gasteiger partial charge < -0.3 is 14.6 Å². The first-order valence-electron chi connectivity index (χ1n) is 4.38. The van der Waals surface area contributed by atoms with Crippen LogP contribution in [0.3, 0.4) is 0 Å². The van der Waals surface area contributed by atoms with Crippen molar-refractivity contribution in [3.63, 3.8) is 0 Å². The summed E-state index contributed by atoms with van der Waals surface area (Å²) in [6.07, 6.45) is 2.91. The van der Waals surface area contributed by atoms with E-state index in [-0.39, 0.29) is 0 Å². The number of carboxylic acid groups (broad SMARTS) is 1. The molecule has 0 saturated heterocycles. The number of ether oxygens (including phenoxy) is 2. The fourth-order valence-electron chi connectivity index (χ4n) is 1.38. The van der Waals surface area contributed by atoms with Gasteiger partial charge in [-0.1, -0.05) is 0 Å². The monoisotopic (exact) mass is 226 g/mol. The van der Waals surface area contributed by atoms with Crippen LogP contribution in [0.15, 0.2) is 18.6 Å². The van der Waals surface area contributed by atoms with Crippen LogP contribution in [0.2, 0.25) is 0 Å². The van der Waals surface area contributed by atoms with Gasteiger partial charge in [-0.3, -0.25) is 0 Å². The van der Waals surface area contributed by atoms with E-state index in [0.29, 0.717) is 4.88 Å². The summed E-state index contributed by atoms with van der Waals surface area (Å²) in [4.78, 5) is 11.9. The van der Waals surface area contributed by atoms with Crippen molar-refractivity contribution in [2.75, 3.05) is 0 Å². The van der Waals surface area contributed by atoms with Crippen LogP contribution in [0.1, 0.15) is 27.0 Å². The molecule has 2 rings (SSSR count). The maximum atomic E-state index is 10.9. The number of carboxylic acids is 1. The first-order valence-corrected chi connectivity index (χ1v) is 5.19. The van der Waals surface area contributed by atoms with Crippen molar-refractivity contribution in [3.8, 4) is 0 Å². The first-order chi connectivity index (χ1) is 7.03. The van der Waals surface area contributed by atoms with E-state index in [1.165, 1.54) is 23.9 Å². The van der Waals surface area contributed by atoms with Crippen LogP contribution in [0.25, 0.3) is 0 Å². The lowest BCUT2D eigenvalue weighted by molar-refractivity contribution is -0.130. The van der Waals surface area contributed by atoms with Crippen LogP contribution in [0.5, 0.6) is 0 Å². The third kappa shape index (κ3) is 1.59. The summed E-state index contributed by atoms with van der Waals surface area (Å²) in [5.41, 5.74) is 0.725. The predicted molar refractivity (Wildman–Crippen MR) is 54.7 cm³/mol. The fraction of sp³-hybridized carbons (Fsp3) is 0.300. The molecule has 80 valence electrons. The molecule has 1 aliphatic rings. The molecule has 2 heterocycles. The van der Waals surface area contributed by atoms with Gasteiger partial charge in [0.15, 0.2) is 0 Å². The lowest BCUT2D eigenvalue weighted by Gasteiger charge is -2.20. The van der Waals surface area contributed by atoms with Crippen molar-refractivity contribution < 1.29 is 19.4 Å². The Balaban J connectivity index is 2.38. The molecule has 1 N–H and O–H groups in total. The zero-order chi connectivity index (χ0) is 11.1. The molecule has 15 heavy (non-hydrogen) atoms. The van der Waals surface area contributed by atoms with Gasteiger partial charge in [0, 0.05) is 6.92 Å². The van der Waals surface area contributed by atoms with Crippen LogP contribution >= 0.6 is 11.3 Å². The third-order valence-electron chi connectivity index (χ3n) is 2.20. The number of aryl methyl sites for hydroxylation is 1. The molecule has 0 spiro atoms. The van der Waals surface area contributed by atoms with E-state index in [2.05, 4.69) is 0 Å². The molecule has 0 unspecified atom stereocenters. The van der Waals surface area contributed by atoms with Crippen molar-refractivity contribution in [1.82, 2.24) is 0 Å². The highest BCUT2D eigenvalue weighted by molar-refractivity contribution is 7.14. The Bertz CT molecular complexity index is 425. The molecule has 0 fully saturated rings. The van der Waals surface area contributed by atoms with Gasteiger partial charge in [-0.25, -0.2) is 4.79 Å². The normalized spacial score (nSPS) is 17.2. The van der Waals surface area contributed by atoms with Crippen LogP contribution in [-0.2, 0) is 15.3 Å². The molecule has 0 aliphatic carbocycles. The lowest BCUT2D eigenvalue weighted by atomic mass is 10.2. The highest BCUT2D eigenvalue weighted by atomic mass is 32.1. The average Bonchev–Trinajstić information content (AvgIpc) is 2.72. The zero-order valence-electron chi connectivity index (χ0n) is 8.31. The minimum absolute atomic E-state index is 0.324. The Morgan fingerprint density at radius 2 is 2.07 bits per heavy atom. The summed E-state index contributed by atoms with van der Waals surface area (Å²) >= 11 is 1.17. The van der Waals surface area contributed by atoms with Crippen molar-refractivity contribution in [2.45, 2.75) is 19.6 Å². The van der Waals surface area contributed by atoms with Crippen LogP contribution < -0.4 is 0 Å². The minimum Gasteiger partial charge on any atom is -0.477 e. The Hall–Kier alpha value is -1.49. The maximum absolute atomic E-state index is 10.9. The molecular formula is C10H10O4S. The quantitative estimate of drug-likeness (QED) is 0.841. The van der Waals surface area contributed by atoms with E-state index in [1.54, 1.807) is 19.9 Å². The molecule has 4 nitrogen and oxygen atoms in total. The van der Waals surface area contributed by atoms with E-state index >= 15 is 0 Å². The van der Waals surface area contributed by atoms with Crippen LogP contribution in [-0.4, -0.2) is 11.1 Å². The smallest absolute Gasteiger partial charge is 0.346 e. The Labute approximate surface area is 90.7 Å². The molecule has 1 aromatic rings. The maximum Gasteiger partial charge on any atom is 0.346 e. The fourth-order valence-corrected chi connectivity index (χ4v) is 2.42. The van der Waals surface area contributed by atoms with Gasteiger partial charge in [-0.15, -0.1) is 11.3 Å². The molecule has 0 aromatic carbocycles. The lowest BCUT2D eigenvalue weighted by Crippen LogP contribution is -2.20. The van der Waals surface area contributed by atoms with Crippen molar-refractivity contribution in [2.24, 2.45) is 0 Å². The van der Waals surface area contributed by atoms with Gasteiger partial charge in [-0.05, 0) is 18.6 Å². The number of rotatable bonds is 2. The highest BCUT2D eigenvalue weighted by Crippen LogP contribution is 2.37. The molecule has 0 radical (unpaired) electrons. The van der Waals surface area contributed by atoms with E-state index in [4.69, 9.17) is 14.6 Å². The van der Waals surface area contributed by atoms with Crippen LogP contribution in [0, 0.1) is 6.92 Å². The minimum atomic E-state index is -0.918. The Morgan fingerprint density at radius 1 is 1.47 bits per heavy atom. The topological polar surface area (TPSA) is 55.8 Å². The summed E-state index contributed by atoms with van der Waals surface area (Å²) in [5, 5.41) is 8.92. The Kier molecular flexibility index (Phi) is 2.19. The Morgan fingerprint density at radius 3 is 2.53 bits per heavy atom. The second-order valence-electron chi connectivity index (χ2n) is 3.38. The summed E-state index contributed by atoms with van der Waals surface area (Å²) in [7, 11) is 0. The zero-order valence-corrected chi connectivity index (χ0v) is 9.13. The molecule has 0 amide bonds. The van der Waals surface area contributed by atoms with E-state index < -0.39 is 11.8 Å². The van der Waals surface area contributed by atoms with Crippen molar-refractivity contribution in [1.29, 1.82) is 0 Å². The first kappa shape index (κ1) is 10.0. The largest absolute Gasteiger partial charge is 0.477 e. The summed E-state index contributed by atoms with van der Waals surface area (Å²) in [6.45, 7) is 3.51. The molecule has 5 heteroatoms. The predicted octanol–water partition coefficient (Wildman–Crippen LogP) is 2.45. The van der Waals surface area contributed by atoms with Gasteiger partial charge >= 0.3 is 5.97 Å². The summed E-state index contributed by atoms with van der Waals surface area (Å²) in [6, 6.07) is 1.78. The SMILES string of the molecule is Cc1cc(C2(C)OC=CO2)sc1C(=O)O. The number of hydrogen-bond donors (Lipinski definition) is 1. The van der Waals surface area contributed by atoms with Gasteiger partial charge in [0.2, 0.25) is 0 Å². The van der Waals surface area contributed by atoms with Gasteiger partial charge in [0.05, 0.1) is 4.88 Å². The van der Waals surface area contributed by atoms with Gasteiger partial charge in [-0.2, -0.15) is 0 Å². The average molecular weight is 226 g/mol. The standard InChI is InChI=1S/C10H10O4S/c1-6-5-7(15-8(6)9(11)12)10(2)13-3-4-14-10/h3-5H,1-2H3,(H,11,12). The summed E-state index contributed by atoms with van der Waals surface area (Å²) < 4.78 is 10.6. The number of thiophene rings is 1. The molecule has 1 aromatic heterocycles. The number of hydrogen-bond acceptors (Lipinski definition) is 4. The van der Waals surface area contributed by atoms with E-state index in [9.17, 15) is 4.79 Å². The summed E-state index contributed by atoms with van der Waals surface area (Å²) in [5.74, 6) is -1.79. The second kappa shape index (κ2) is 3.27. The van der Waals surface area contributed by atoms with Crippen molar-refractivity contribution in [3.05, 3.63) is 33.9 Å². The van der Waals surface area contributed by atoms with Gasteiger partial charge in [0.1, 0.15) is 17.4 Å². The molecule has 0 atom stereocenters. The molecule has 1 aliphatic heterocycles. The number of carbonyl (C=O) groups is 1. The highest BCUT2D eigenvalue weighted by Gasteiger charge is 2.35. The second-order valence-corrected chi connectivity index (χ2v) is 4.43. The molecule has 0 saturated carbocycles. The van der Waals surface area contributed by atoms with Crippen LogP contribution in [0.4, 0.5) is 0 Å². The number of aromatic carboxylic acids is 1. The molecule has 0 bridgehead atoms. The van der Waals surface area contributed by atoms with Crippen molar-refractivity contribution >= 4 is 17.3 Å². The molecular weight excluding hydrogens is 216 g/mol. The van der Waals surface area contributed by atoms with Gasteiger partial charge in [0.25, 0.3) is 5.79 Å². The van der Waals surface area contributed by atoms with E-state index in [0.717, 1.165) is 10.4 Å².